The molecule has 0 fully saturated rings. The highest BCUT2D eigenvalue weighted by molar-refractivity contribution is 5.95. The summed E-state index contributed by atoms with van der Waals surface area (Å²) in [4.78, 5) is 23.5. The first-order valence-electron chi connectivity index (χ1n) is 5.50. The van der Waals surface area contributed by atoms with Gasteiger partial charge in [-0.3, -0.25) is 9.59 Å². The molecule has 0 spiro atoms. The largest absolute Gasteiger partial charge is 0.366 e. The zero-order valence-corrected chi connectivity index (χ0v) is 9.46. The highest BCUT2D eigenvalue weighted by Gasteiger charge is 2.07. The number of carbonyl (C=O) groups is 1. The molecule has 0 aliphatic carbocycles. The third kappa shape index (κ3) is 1.47. The summed E-state index contributed by atoms with van der Waals surface area (Å²) in [6.07, 6.45) is 3.32. The van der Waals surface area contributed by atoms with Crippen molar-refractivity contribution in [3.8, 4) is 0 Å². The van der Waals surface area contributed by atoms with Crippen LogP contribution in [-0.4, -0.2) is 10.3 Å². The number of aromatic nitrogens is 1. The lowest BCUT2D eigenvalue weighted by atomic mass is 10.2. The Bertz CT molecular complexity index is 834. The summed E-state index contributed by atoms with van der Waals surface area (Å²) in [5.74, 6) is -0.537. The zero-order chi connectivity index (χ0) is 12.7. The second-order valence-corrected chi connectivity index (χ2v) is 4.12. The van der Waals surface area contributed by atoms with Crippen LogP contribution < -0.4 is 11.2 Å². The second kappa shape index (κ2) is 3.70. The van der Waals surface area contributed by atoms with Crippen molar-refractivity contribution < 1.29 is 4.79 Å². The lowest BCUT2D eigenvalue weighted by Crippen LogP contribution is -2.09. The zero-order valence-electron chi connectivity index (χ0n) is 9.46. The standard InChI is InChI=1S/C14H10N2O2/c15-14(18)10-7-12-13(17)11-4-2-1-3-9(11)5-6-16(12)8-10/h1-8H,(H2,15,18). The van der Waals surface area contributed by atoms with Gasteiger partial charge in [-0.1, -0.05) is 24.3 Å². The number of hydrogen-bond acceptors (Lipinski definition) is 2. The molecule has 2 heterocycles. The molecule has 0 aliphatic rings. The Morgan fingerprint density at radius 1 is 1.17 bits per heavy atom. The molecule has 2 aromatic heterocycles. The van der Waals surface area contributed by atoms with Gasteiger partial charge in [-0.15, -0.1) is 0 Å². The monoisotopic (exact) mass is 238 g/mol. The van der Waals surface area contributed by atoms with Crippen LogP contribution in [0, 0.1) is 0 Å². The van der Waals surface area contributed by atoms with E-state index in [2.05, 4.69) is 0 Å². The van der Waals surface area contributed by atoms with Crippen molar-refractivity contribution in [2.45, 2.75) is 0 Å². The van der Waals surface area contributed by atoms with Gasteiger partial charge in [0.15, 0.2) is 0 Å². The van der Waals surface area contributed by atoms with Crippen LogP contribution >= 0.6 is 0 Å². The van der Waals surface area contributed by atoms with E-state index < -0.39 is 5.91 Å². The van der Waals surface area contributed by atoms with Crippen molar-refractivity contribution in [2.24, 2.45) is 5.73 Å². The third-order valence-corrected chi connectivity index (χ3v) is 2.99. The molecule has 0 saturated carbocycles. The van der Waals surface area contributed by atoms with E-state index in [1.807, 2.05) is 24.3 Å². The molecule has 0 atom stereocenters. The minimum atomic E-state index is -0.537. The molecule has 4 heteroatoms. The smallest absolute Gasteiger partial charge is 0.250 e. The molecule has 3 rings (SSSR count). The summed E-state index contributed by atoms with van der Waals surface area (Å²) in [6, 6.07) is 10.7. The fraction of sp³-hybridized carbons (Fsp3) is 0. The predicted octanol–water partition coefficient (Wildman–Crippen LogP) is 1.55. The Hall–Kier alpha value is -2.62. The van der Waals surface area contributed by atoms with E-state index in [0.29, 0.717) is 16.5 Å². The van der Waals surface area contributed by atoms with Gasteiger partial charge in [-0.2, -0.15) is 0 Å². The van der Waals surface area contributed by atoms with Gasteiger partial charge >= 0.3 is 0 Å². The topological polar surface area (TPSA) is 64.6 Å². The maximum Gasteiger partial charge on any atom is 0.250 e. The predicted molar refractivity (Wildman–Crippen MR) is 69.7 cm³/mol. The first kappa shape index (κ1) is 10.5. The lowest BCUT2D eigenvalue weighted by Gasteiger charge is -1.88. The second-order valence-electron chi connectivity index (χ2n) is 4.12. The first-order chi connectivity index (χ1) is 8.66. The molecular weight excluding hydrogens is 228 g/mol. The molecule has 18 heavy (non-hydrogen) atoms. The van der Waals surface area contributed by atoms with Crippen LogP contribution in [0.25, 0.3) is 16.3 Å². The number of primary amides is 1. The van der Waals surface area contributed by atoms with Crippen molar-refractivity contribution >= 4 is 22.2 Å². The normalized spacial score (nSPS) is 10.9. The number of benzene rings is 1. The molecule has 0 saturated heterocycles. The summed E-state index contributed by atoms with van der Waals surface area (Å²) in [6.45, 7) is 0. The lowest BCUT2D eigenvalue weighted by molar-refractivity contribution is 0.100. The van der Waals surface area contributed by atoms with Gasteiger partial charge in [0.1, 0.15) is 0 Å². The summed E-state index contributed by atoms with van der Waals surface area (Å²) < 4.78 is 1.63. The molecule has 0 unspecified atom stereocenters. The van der Waals surface area contributed by atoms with Gasteiger partial charge in [0.2, 0.25) is 11.3 Å². The molecule has 3 aromatic rings. The number of hydrogen-bond donors (Lipinski definition) is 1. The summed E-state index contributed by atoms with van der Waals surface area (Å²) in [5.41, 5.74) is 5.89. The van der Waals surface area contributed by atoms with E-state index in [1.165, 1.54) is 6.07 Å². The number of carbonyl (C=O) groups excluding carboxylic acids is 1. The summed E-state index contributed by atoms with van der Waals surface area (Å²) in [5, 5.41) is 1.49. The van der Waals surface area contributed by atoms with E-state index in [9.17, 15) is 9.59 Å². The summed E-state index contributed by atoms with van der Waals surface area (Å²) >= 11 is 0. The van der Waals surface area contributed by atoms with Crippen LogP contribution in [0.4, 0.5) is 0 Å². The number of rotatable bonds is 1. The molecule has 0 bridgehead atoms. The number of fused-ring (bicyclic) bond motifs is 2. The fourth-order valence-electron chi connectivity index (χ4n) is 2.07. The Morgan fingerprint density at radius 3 is 2.72 bits per heavy atom. The van der Waals surface area contributed by atoms with Crippen molar-refractivity contribution in [1.82, 2.24) is 4.40 Å². The maximum atomic E-state index is 12.4. The fourth-order valence-corrected chi connectivity index (χ4v) is 2.07. The van der Waals surface area contributed by atoms with Crippen molar-refractivity contribution in [3.63, 3.8) is 0 Å². The van der Waals surface area contributed by atoms with Crippen LogP contribution in [0.2, 0.25) is 0 Å². The average molecular weight is 238 g/mol. The van der Waals surface area contributed by atoms with Gasteiger partial charge in [-0.25, -0.2) is 0 Å². The SMILES string of the molecule is NC(=O)c1cc2c(=O)c3ccccc3ccn2c1. The maximum absolute atomic E-state index is 12.4. The Balaban J connectivity index is 2.53. The van der Waals surface area contributed by atoms with Crippen molar-refractivity contribution in [1.29, 1.82) is 0 Å². The highest BCUT2D eigenvalue weighted by Crippen LogP contribution is 2.12. The van der Waals surface area contributed by atoms with Crippen LogP contribution in [0.1, 0.15) is 10.4 Å². The van der Waals surface area contributed by atoms with Crippen LogP contribution in [0.3, 0.4) is 0 Å². The van der Waals surface area contributed by atoms with Crippen LogP contribution in [0.5, 0.6) is 0 Å². The molecule has 1 aromatic carbocycles. The van der Waals surface area contributed by atoms with Gasteiger partial charge in [0, 0.05) is 17.8 Å². The van der Waals surface area contributed by atoms with E-state index in [0.717, 1.165) is 5.39 Å². The van der Waals surface area contributed by atoms with Crippen LogP contribution in [-0.2, 0) is 0 Å². The molecule has 1 amide bonds. The highest BCUT2D eigenvalue weighted by atomic mass is 16.1. The minimum absolute atomic E-state index is 0.108. The van der Waals surface area contributed by atoms with Gasteiger partial charge in [0.25, 0.3) is 0 Å². The van der Waals surface area contributed by atoms with Crippen molar-refractivity contribution in [2.75, 3.05) is 0 Å². The molecule has 2 N–H and O–H groups in total. The molecule has 0 aliphatic heterocycles. The first-order valence-corrected chi connectivity index (χ1v) is 5.50. The van der Waals surface area contributed by atoms with Gasteiger partial charge in [-0.05, 0) is 17.5 Å². The molecule has 88 valence electrons. The third-order valence-electron chi connectivity index (χ3n) is 2.99. The Kier molecular flexibility index (Phi) is 2.16. The van der Waals surface area contributed by atoms with Crippen molar-refractivity contribution in [3.05, 3.63) is 64.6 Å². The number of nitrogens with two attached hydrogens (primary N) is 1. The number of nitrogens with zero attached hydrogens (tertiary/aromatic N) is 1. The minimum Gasteiger partial charge on any atom is -0.366 e. The molecular formula is C14H10N2O2. The number of amides is 1. The quantitative estimate of drug-likeness (QED) is 0.699. The summed E-state index contributed by atoms with van der Waals surface area (Å²) in [7, 11) is 0. The Labute approximate surface area is 102 Å². The van der Waals surface area contributed by atoms with E-state index in [1.54, 1.807) is 22.9 Å². The van der Waals surface area contributed by atoms with Gasteiger partial charge < -0.3 is 10.1 Å². The van der Waals surface area contributed by atoms with E-state index in [-0.39, 0.29) is 5.43 Å². The van der Waals surface area contributed by atoms with Crippen LogP contribution in [0.15, 0.2) is 53.6 Å². The Morgan fingerprint density at radius 2 is 1.94 bits per heavy atom. The molecule has 0 radical (unpaired) electrons. The van der Waals surface area contributed by atoms with E-state index >= 15 is 0 Å². The molecule has 4 nitrogen and oxygen atoms in total. The van der Waals surface area contributed by atoms with E-state index in [4.69, 9.17) is 5.73 Å². The van der Waals surface area contributed by atoms with Gasteiger partial charge in [0.05, 0.1) is 11.1 Å². The average Bonchev–Trinajstić information content (AvgIpc) is 2.75.